The number of hydrogen-bond acceptors (Lipinski definition) is 2. The molecule has 1 atom stereocenters. The van der Waals surface area contributed by atoms with Gasteiger partial charge in [-0.25, -0.2) is 0 Å². The third-order valence-electron chi connectivity index (χ3n) is 6.15. The summed E-state index contributed by atoms with van der Waals surface area (Å²) in [5.41, 5.74) is 0.497. The smallest absolute Gasteiger partial charge is 0.0124 e. The fourth-order valence-corrected chi connectivity index (χ4v) is 4.52. The van der Waals surface area contributed by atoms with Crippen LogP contribution in [0.3, 0.4) is 0 Å². The van der Waals surface area contributed by atoms with Crippen LogP contribution in [-0.4, -0.2) is 37.1 Å². The average molecular weight is 280 g/mol. The molecule has 2 rings (SSSR count). The lowest BCUT2D eigenvalue weighted by Crippen LogP contribution is -2.46. The first-order valence-corrected chi connectivity index (χ1v) is 9.19. The molecule has 118 valence electrons. The van der Waals surface area contributed by atoms with Crippen molar-refractivity contribution in [2.24, 2.45) is 11.3 Å². The Morgan fingerprint density at radius 3 is 2.30 bits per heavy atom. The second-order valence-corrected chi connectivity index (χ2v) is 7.21. The molecule has 0 amide bonds. The van der Waals surface area contributed by atoms with Crippen molar-refractivity contribution in [1.82, 2.24) is 10.2 Å². The van der Waals surface area contributed by atoms with Crippen LogP contribution in [0, 0.1) is 11.3 Å². The minimum Gasteiger partial charge on any atom is -0.316 e. The molecule has 0 bridgehead atoms. The average Bonchev–Trinajstić information content (AvgIpc) is 3.14. The molecule has 1 aliphatic carbocycles. The summed E-state index contributed by atoms with van der Waals surface area (Å²) in [6, 6.07) is 0.914. The van der Waals surface area contributed by atoms with E-state index in [0.717, 1.165) is 18.5 Å². The Morgan fingerprint density at radius 2 is 1.70 bits per heavy atom. The molecule has 1 saturated heterocycles. The summed E-state index contributed by atoms with van der Waals surface area (Å²) in [7, 11) is 0. The predicted molar refractivity (Wildman–Crippen MR) is 88.1 cm³/mol. The second-order valence-electron chi connectivity index (χ2n) is 7.21. The molecule has 1 saturated carbocycles. The number of likely N-dealkylation sites (tertiary alicyclic amines) is 1. The monoisotopic (exact) mass is 280 g/mol. The van der Waals surface area contributed by atoms with E-state index in [2.05, 4.69) is 31.0 Å². The normalized spacial score (nSPS) is 25.6. The molecule has 2 aliphatic rings. The van der Waals surface area contributed by atoms with Gasteiger partial charge in [-0.15, -0.1) is 0 Å². The van der Waals surface area contributed by atoms with Crippen molar-refractivity contribution in [1.29, 1.82) is 0 Å². The van der Waals surface area contributed by atoms with Gasteiger partial charge in [-0.05, 0) is 62.9 Å². The molecule has 0 radical (unpaired) electrons. The van der Waals surface area contributed by atoms with Gasteiger partial charge < -0.3 is 5.32 Å². The van der Waals surface area contributed by atoms with E-state index in [0.29, 0.717) is 5.41 Å². The summed E-state index contributed by atoms with van der Waals surface area (Å²) in [5.74, 6) is 1.02. The van der Waals surface area contributed by atoms with E-state index in [9.17, 15) is 0 Å². The van der Waals surface area contributed by atoms with Gasteiger partial charge in [-0.1, -0.05) is 33.6 Å². The van der Waals surface area contributed by atoms with Crippen LogP contribution in [0.25, 0.3) is 0 Å². The van der Waals surface area contributed by atoms with Gasteiger partial charge in [0.2, 0.25) is 0 Å². The lowest BCUT2D eigenvalue weighted by molar-refractivity contribution is 0.101. The van der Waals surface area contributed by atoms with Gasteiger partial charge in [0, 0.05) is 19.1 Å². The number of hydrogen-bond donors (Lipinski definition) is 1. The van der Waals surface area contributed by atoms with E-state index in [1.165, 1.54) is 71.0 Å². The molecular formula is C18H36N2. The predicted octanol–water partition coefficient (Wildman–Crippen LogP) is 4.06. The van der Waals surface area contributed by atoms with E-state index < -0.39 is 0 Å². The molecule has 1 heterocycles. The maximum Gasteiger partial charge on any atom is 0.0124 e. The maximum atomic E-state index is 3.62. The molecule has 0 aromatic carbocycles. The zero-order chi connectivity index (χ0) is 14.4. The van der Waals surface area contributed by atoms with E-state index >= 15 is 0 Å². The Hall–Kier alpha value is -0.0800. The van der Waals surface area contributed by atoms with Crippen LogP contribution >= 0.6 is 0 Å². The van der Waals surface area contributed by atoms with E-state index in [-0.39, 0.29) is 0 Å². The van der Waals surface area contributed by atoms with E-state index in [4.69, 9.17) is 0 Å². The van der Waals surface area contributed by atoms with Crippen molar-refractivity contribution in [3.8, 4) is 0 Å². The highest BCUT2D eigenvalue weighted by atomic mass is 15.2. The van der Waals surface area contributed by atoms with Gasteiger partial charge in [-0.3, -0.25) is 4.90 Å². The Bertz CT molecular complexity index is 267. The number of rotatable bonds is 8. The number of nitrogens with zero attached hydrogens (tertiary/aromatic N) is 1. The van der Waals surface area contributed by atoms with Gasteiger partial charge in [0.15, 0.2) is 0 Å². The molecule has 1 aliphatic heterocycles. The van der Waals surface area contributed by atoms with Crippen molar-refractivity contribution >= 4 is 0 Å². The molecular weight excluding hydrogens is 244 g/mol. The summed E-state index contributed by atoms with van der Waals surface area (Å²) in [4.78, 5) is 2.88. The Labute approximate surface area is 126 Å². The molecule has 1 N–H and O–H groups in total. The number of nitrogens with one attached hydrogen (secondary N) is 1. The Balaban J connectivity index is 1.97. The summed E-state index contributed by atoms with van der Waals surface area (Å²) in [5, 5.41) is 3.62. The molecule has 2 heteroatoms. The van der Waals surface area contributed by atoms with Crippen molar-refractivity contribution in [3.05, 3.63) is 0 Å². The Kier molecular flexibility index (Phi) is 6.35. The standard InChI is InChI=1S/C18H36N2/c1-4-18(5-2,14-19-6-3)15-20-13-9-12-17(20)16-10-7-8-11-16/h16-17,19H,4-15H2,1-3H3. The third kappa shape index (κ3) is 3.76. The first kappa shape index (κ1) is 16.3. The molecule has 2 nitrogen and oxygen atoms in total. The summed E-state index contributed by atoms with van der Waals surface area (Å²) in [6.07, 6.45) is 11.5. The Morgan fingerprint density at radius 1 is 1.00 bits per heavy atom. The fraction of sp³-hybridized carbons (Fsp3) is 1.00. The lowest BCUT2D eigenvalue weighted by atomic mass is 9.81. The first-order valence-electron chi connectivity index (χ1n) is 9.19. The molecule has 0 aromatic heterocycles. The van der Waals surface area contributed by atoms with Crippen molar-refractivity contribution < 1.29 is 0 Å². The van der Waals surface area contributed by atoms with E-state index in [1.807, 2.05) is 0 Å². The molecule has 20 heavy (non-hydrogen) atoms. The largest absolute Gasteiger partial charge is 0.316 e. The van der Waals surface area contributed by atoms with Crippen LogP contribution < -0.4 is 5.32 Å². The molecule has 0 aromatic rings. The van der Waals surface area contributed by atoms with Gasteiger partial charge in [0.05, 0.1) is 0 Å². The van der Waals surface area contributed by atoms with Gasteiger partial charge in [0.1, 0.15) is 0 Å². The fourth-order valence-electron chi connectivity index (χ4n) is 4.52. The van der Waals surface area contributed by atoms with Crippen molar-refractivity contribution in [2.75, 3.05) is 26.2 Å². The quantitative estimate of drug-likeness (QED) is 0.721. The topological polar surface area (TPSA) is 15.3 Å². The lowest BCUT2D eigenvalue weighted by Gasteiger charge is -2.40. The molecule has 0 spiro atoms. The van der Waals surface area contributed by atoms with Crippen LogP contribution in [-0.2, 0) is 0 Å². The van der Waals surface area contributed by atoms with E-state index in [1.54, 1.807) is 0 Å². The molecule has 2 fully saturated rings. The highest BCUT2D eigenvalue weighted by Gasteiger charge is 2.37. The summed E-state index contributed by atoms with van der Waals surface area (Å²) < 4.78 is 0. The SMILES string of the molecule is CCNCC(CC)(CC)CN1CCCC1C1CCCC1. The first-order chi connectivity index (χ1) is 9.74. The van der Waals surface area contributed by atoms with Crippen LogP contribution in [0.2, 0.25) is 0 Å². The molecule has 1 unspecified atom stereocenters. The maximum absolute atomic E-state index is 3.62. The van der Waals surface area contributed by atoms with Crippen LogP contribution in [0.1, 0.15) is 72.1 Å². The van der Waals surface area contributed by atoms with Crippen molar-refractivity contribution in [2.45, 2.75) is 78.2 Å². The third-order valence-corrected chi connectivity index (χ3v) is 6.15. The minimum absolute atomic E-state index is 0.497. The zero-order valence-corrected chi connectivity index (χ0v) is 14.1. The minimum atomic E-state index is 0.497. The zero-order valence-electron chi connectivity index (χ0n) is 14.1. The second kappa shape index (κ2) is 7.79. The van der Waals surface area contributed by atoms with Crippen molar-refractivity contribution in [3.63, 3.8) is 0 Å². The van der Waals surface area contributed by atoms with Gasteiger partial charge >= 0.3 is 0 Å². The van der Waals surface area contributed by atoms with Crippen LogP contribution in [0.15, 0.2) is 0 Å². The van der Waals surface area contributed by atoms with Gasteiger partial charge in [-0.2, -0.15) is 0 Å². The summed E-state index contributed by atoms with van der Waals surface area (Å²) >= 11 is 0. The van der Waals surface area contributed by atoms with Crippen LogP contribution in [0.4, 0.5) is 0 Å². The highest BCUT2D eigenvalue weighted by molar-refractivity contribution is 4.92. The summed E-state index contributed by atoms with van der Waals surface area (Å²) in [6.45, 7) is 12.0. The van der Waals surface area contributed by atoms with Crippen LogP contribution in [0.5, 0.6) is 0 Å². The highest BCUT2D eigenvalue weighted by Crippen LogP contribution is 2.38. The van der Waals surface area contributed by atoms with Gasteiger partial charge in [0.25, 0.3) is 0 Å².